The first-order chi connectivity index (χ1) is 11.0. The van der Waals surface area contributed by atoms with Crippen molar-refractivity contribution in [3.8, 4) is 0 Å². The second kappa shape index (κ2) is 7.93. The van der Waals surface area contributed by atoms with E-state index in [-0.39, 0.29) is 18.0 Å². The number of nitrogens with one attached hydrogen (secondary N) is 1. The van der Waals surface area contributed by atoms with Gasteiger partial charge in [0.2, 0.25) is 5.91 Å². The highest BCUT2D eigenvalue weighted by Crippen LogP contribution is 2.39. The van der Waals surface area contributed by atoms with E-state index in [1.165, 1.54) is 11.3 Å². The van der Waals surface area contributed by atoms with Crippen molar-refractivity contribution in [2.24, 2.45) is 5.92 Å². The molecular weight excluding hydrogens is 314 g/mol. The van der Waals surface area contributed by atoms with Crippen LogP contribution in [0, 0.1) is 5.92 Å². The smallest absolute Gasteiger partial charge is 0.341 e. The molecule has 128 valence electrons. The number of ether oxygens (including phenoxy) is 2. The van der Waals surface area contributed by atoms with Crippen molar-refractivity contribution in [1.82, 2.24) is 0 Å². The van der Waals surface area contributed by atoms with E-state index in [1.807, 2.05) is 6.92 Å². The fourth-order valence-corrected chi connectivity index (χ4v) is 3.79. The Morgan fingerprint density at radius 1 is 1.39 bits per heavy atom. The number of rotatable bonds is 6. The van der Waals surface area contributed by atoms with Crippen molar-refractivity contribution >= 4 is 28.2 Å². The molecule has 2 heterocycles. The first-order valence-corrected chi connectivity index (χ1v) is 9.02. The van der Waals surface area contributed by atoms with E-state index < -0.39 is 0 Å². The van der Waals surface area contributed by atoms with Gasteiger partial charge in [-0.3, -0.25) is 4.79 Å². The first kappa shape index (κ1) is 17.9. The number of thiophene rings is 1. The Morgan fingerprint density at radius 2 is 2.13 bits per heavy atom. The molecule has 1 amide bonds. The maximum atomic E-state index is 12.4. The summed E-state index contributed by atoms with van der Waals surface area (Å²) in [4.78, 5) is 25.4. The molecule has 1 N–H and O–H groups in total. The predicted molar refractivity (Wildman–Crippen MR) is 90.9 cm³/mol. The molecule has 6 heteroatoms. The van der Waals surface area contributed by atoms with Crippen LogP contribution in [-0.2, 0) is 27.3 Å². The number of carbonyl (C=O) groups excluding carboxylic acids is 2. The van der Waals surface area contributed by atoms with Gasteiger partial charge in [-0.1, -0.05) is 20.8 Å². The normalized spacial score (nSPS) is 17.0. The molecule has 0 fully saturated rings. The van der Waals surface area contributed by atoms with Gasteiger partial charge < -0.3 is 14.8 Å². The highest BCUT2D eigenvalue weighted by atomic mass is 32.1. The third kappa shape index (κ3) is 4.12. The summed E-state index contributed by atoms with van der Waals surface area (Å²) in [6.07, 6.45) is 1.98. The molecule has 0 bridgehead atoms. The van der Waals surface area contributed by atoms with Gasteiger partial charge in [0.25, 0.3) is 0 Å². The first-order valence-electron chi connectivity index (χ1n) is 8.20. The molecule has 1 aliphatic heterocycles. The minimum atomic E-state index is -0.360. The molecule has 5 nitrogen and oxygen atoms in total. The topological polar surface area (TPSA) is 64.6 Å². The third-order valence-corrected chi connectivity index (χ3v) is 5.00. The van der Waals surface area contributed by atoms with Gasteiger partial charge in [-0.05, 0) is 24.8 Å². The summed E-state index contributed by atoms with van der Waals surface area (Å²) < 4.78 is 11.1. The SMILES string of the molecule is CCCC(=O)Nc1sc2c(c1C(=O)OCC)CC(C(C)C)OC2. The largest absolute Gasteiger partial charge is 0.462 e. The molecule has 0 spiro atoms. The highest BCUT2D eigenvalue weighted by Gasteiger charge is 2.31. The number of esters is 1. The van der Waals surface area contributed by atoms with Crippen LogP contribution in [0.3, 0.4) is 0 Å². The van der Waals surface area contributed by atoms with Crippen molar-refractivity contribution < 1.29 is 19.1 Å². The molecule has 1 aromatic heterocycles. The fraction of sp³-hybridized carbons (Fsp3) is 0.647. The molecule has 1 unspecified atom stereocenters. The quantitative estimate of drug-likeness (QED) is 0.802. The van der Waals surface area contributed by atoms with Gasteiger partial charge in [0, 0.05) is 17.7 Å². The molecule has 23 heavy (non-hydrogen) atoms. The standard InChI is InChI=1S/C17H25NO4S/c1-5-7-14(19)18-16-15(17(20)21-6-2)11-8-12(10(3)4)22-9-13(11)23-16/h10,12H,5-9H2,1-4H3,(H,18,19). The predicted octanol–water partition coefficient (Wildman–Crippen LogP) is 3.76. The van der Waals surface area contributed by atoms with Gasteiger partial charge in [0.1, 0.15) is 5.00 Å². The van der Waals surface area contributed by atoms with E-state index in [2.05, 4.69) is 19.2 Å². The van der Waals surface area contributed by atoms with Crippen molar-refractivity contribution in [2.45, 2.75) is 59.7 Å². The van der Waals surface area contributed by atoms with E-state index in [1.54, 1.807) is 6.92 Å². The number of hydrogen-bond donors (Lipinski definition) is 1. The maximum absolute atomic E-state index is 12.4. The molecule has 0 saturated heterocycles. The lowest BCUT2D eigenvalue weighted by Crippen LogP contribution is -2.27. The zero-order valence-electron chi connectivity index (χ0n) is 14.2. The van der Waals surface area contributed by atoms with Crippen LogP contribution in [0.4, 0.5) is 5.00 Å². The van der Waals surface area contributed by atoms with Gasteiger partial charge in [0.15, 0.2) is 0 Å². The van der Waals surface area contributed by atoms with E-state index in [4.69, 9.17) is 9.47 Å². The van der Waals surface area contributed by atoms with E-state index in [0.29, 0.717) is 42.5 Å². The molecule has 2 rings (SSSR count). The number of amides is 1. The Morgan fingerprint density at radius 3 is 2.74 bits per heavy atom. The van der Waals surface area contributed by atoms with E-state index in [9.17, 15) is 9.59 Å². The number of carbonyl (C=O) groups is 2. The van der Waals surface area contributed by atoms with Crippen LogP contribution in [0.15, 0.2) is 0 Å². The van der Waals surface area contributed by atoms with Crippen LogP contribution in [0.5, 0.6) is 0 Å². The Hall–Kier alpha value is -1.40. The van der Waals surface area contributed by atoms with E-state index in [0.717, 1.165) is 16.9 Å². The number of anilines is 1. The van der Waals surface area contributed by atoms with Crippen molar-refractivity contribution in [3.63, 3.8) is 0 Å². The van der Waals surface area contributed by atoms with E-state index >= 15 is 0 Å². The van der Waals surface area contributed by atoms with Crippen LogP contribution < -0.4 is 5.32 Å². The average molecular weight is 339 g/mol. The molecule has 1 atom stereocenters. The van der Waals surface area contributed by atoms with Crippen molar-refractivity contribution in [3.05, 3.63) is 16.0 Å². The lowest BCUT2D eigenvalue weighted by Gasteiger charge is -2.26. The minimum absolute atomic E-state index is 0.0713. The summed E-state index contributed by atoms with van der Waals surface area (Å²) in [6, 6.07) is 0. The van der Waals surface area contributed by atoms with Crippen LogP contribution in [0.25, 0.3) is 0 Å². The molecule has 0 saturated carbocycles. The van der Waals surface area contributed by atoms with Gasteiger partial charge in [0.05, 0.1) is 24.9 Å². The molecule has 0 aliphatic carbocycles. The minimum Gasteiger partial charge on any atom is -0.462 e. The highest BCUT2D eigenvalue weighted by molar-refractivity contribution is 7.17. The zero-order chi connectivity index (χ0) is 17.0. The second-order valence-electron chi connectivity index (χ2n) is 6.02. The van der Waals surface area contributed by atoms with Gasteiger partial charge in [-0.25, -0.2) is 4.79 Å². The molecule has 1 aliphatic rings. The van der Waals surface area contributed by atoms with Crippen LogP contribution in [0.1, 0.15) is 61.3 Å². The zero-order valence-corrected chi connectivity index (χ0v) is 15.0. The van der Waals surface area contributed by atoms with Crippen LogP contribution >= 0.6 is 11.3 Å². The maximum Gasteiger partial charge on any atom is 0.341 e. The summed E-state index contributed by atoms with van der Waals surface area (Å²) in [5, 5.41) is 3.47. The van der Waals surface area contributed by atoms with Gasteiger partial charge in [-0.2, -0.15) is 0 Å². The fourth-order valence-electron chi connectivity index (χ4n) is 2.64. The number of fused-ring (bicyclic) bond motifs is 1. The summed E-state index contributed by atoms with van der Waals surface area (Å²) in [7, 11) is 0. The third-order valence-electron chi connectivity index (χ3n) is 3.88. The summed E-state index contributed by atoms with van der Waals surface area (Å²) >= 11 is 1.43. The summed E-state index contributed by atoms with van der Waals surface area (Å²) in [5.74, 6) is -0.0598. The lowest BCUT2D eigenvalue weighted by molar-refractivity contribution is -0.116. The van der Waals surface area contributed by atoms with Crippen molar-refractivity contribution in [2.75, 3.05) is 11.9 Å². The lowest BCUT2D eigenvalue weighted by atomic mass is 9.94. The Labute approximate surface area is 141 Å². The average Bonchev–Trinajstić information content (AvgIpc) is 2.84. The molecule has 0 radical (unpaired) electrons. The van der Waals surface area contributed by atoms with Crippen LogP contribution in [-0.4, -0.2) is 24.6 Å². The summed E-state index contributed by atoms with van der Waals surface area (Å²) in [5.41, 5.74) is 1.50. The Balaban J connectivity index is 2.35. The summed E-state index contributed by atoms with van der Waals surface area (Å²) in [6.45, 7) is 8.75. The number of hydrogen-bond acceptors (Lipinski definition) is 5. The van der Waals surface area contributed by atoms with Crippen molar-refractivity contribution in [1.29, 1.82) is 0 Å². The van der Waals surface area contributed by atoms with Gasteiger partial charge >= 0.3 is 5.97 Å². The molecule has 0 aromatic carbocycles. The van der Waals surface area contributed by atoms with Gasteiger partial charge in [-0.15, -0.1) is 11.3 Å². The second-order valence-corrected chi connectivity index (χ2v) is 7.13. The Kier molecular flexibility index (Phi) is 6.18. The Bertz CT molecular complexity index is 579. The van der Waals surface area contributed by atoms with Crippen LogP contribution in [0.2, 0.25) is 0 Å². The monoisotopic (exact) mass is 339 g/mol. The molecular formula is C17H25NO4S. The molecule has 1 aromatic rings.